The Hall–Kier alpha value is -1.03. The third-order valence-corrected chi connectivity index (χ3v) is 3.10. The summed E-state index contributed by atoms with van der Waals surface area (Å²) in [5.74, 6) is 0.647. The van der Waals surface area contributed by atoms with E-state index in [9.17, 15) is 0 Å². The fraction of sp³-hybridized carbons (Fsp3) is 0.545. The van der Waals surface area contributed by atoms with Gasteiger partial charge in [-0.05, 0) is 24.3 Å². The number of nitrogens with zero attached hydrogens (tertiary/aromatic N) is 2. The number of hydrogen-bond acceptors (Lipinski definition) is 2. The molecule has 0 aliphatic carbocycles. The molecule has 3 nitrogen and oxygen atoms in total. The van der Waals surface area contributed by atoms with Crippen molar-refractivity contribution in [2.45, 2.75) is 19.8 Å². The van der Waals surface area contributed by atoms with Crippen LogP contribution in [0.5, 0.6) is 0 Å². The second-order valence-electron chi connectivity index (χ2n) is 3.49. The molecule has 4 heteroatoms. The maximum Gasteiger partial charge on any atom is 0.190 e. The minimum absolute atomic E-state index is 0.647. The Labute approximate surface area is 95.6 Å². The number of thiophene rings is 1. The van der Waals surface area contributed by atoms with E-state index in [4.69, 9.17) is 5.73 Å². The highest BCUT2D eigenvalue weighted by atomic mass is 32.1. The Kier molecular flexibility index (Phi) is 5.18. The van der Waals surface area contributed by atoms with Crippen molar-refractivity contribution in [1.82, 2.24) is 4.90 Å². The van der Waals surface area contributed by atoms with Crippen LogP contribution in [0.2, 0.25) is 0 Å². The van der Waals surface area contributed by atoms with Crippen molar-refractivity contribution in [3.05, 3.63) is 22.4 Å². The van der Waals surface area contributed by atoms with Gasteiger partial charge < -0.3 is 10.6 Å². The molecule has 0 spiro atoms. The highest BCUT2D eigenvalue weighted by Crippen LogP contribution is 2.09. The Morgan fingerprint density at radius 1 is 1.60 bits per heavy atom. The molecule has 2 N–H and O–H groups in total. The van der Waals surface area contributed by atoms with Gasteiger partial charge in [0.05, 0.1) is 0 Å². The summed E-state index contributed by atoms with van der Waals surface area (Å²) in [5.41, 5.74) is 5.82. The summed E-state index contributed by atoms with van der Waals surface area (Å²) in [6, 6.07) is 4.23. The van der Waals surface area contributed by atoms with Crippen LogP contribution in [0.15, 0.2) is 22.5 Å². The van der Waals surface area contributed by atoms with Crippen molar-refractivity contribution < 1.29 is 0 Å². The number of guanidine groups is 1. The molecule has 15 heavy (non-hydrogen) atoms. The zero-order chi connectivity index (χ0) is 11.1. The SMILES string of the molecule is CCCN=C(N)N(C)CCc1cccs1. The summed E-state index contributed by atoms with van der Waals surface area (Å²) in [6.07, 6.45) is 2.08. The van der Waals surface area contributed by atoms with Crippen LogP contribution in [-0.4, -0.2) is 31.0 Å². The lowest BCUT2D eigenvalue weighted by Gasteiger charge is -2.17. The van der Waals surface area contributed by atoms with Crippen LogP contribution >= 0.6 is 11.3 Å². The third-order valence-electron chi connectivity index (χ3n) is 2.16. The fourth-order valence-electron chi connectivity index (χ4n) is 1.19. The molecule has 0 aromatic carbocycles. The van der Waals surface area contributed by atoms with Crippen molar-refractivity contribution in [3.63, 3.8) is 0 Å². The molecule has 0 amide bonds. The molecule has 0 atom stereocenters. The minimum Gasteiger partial charge on any atom is -0.370 e. The van der Waals surface area contributed by atoms with Gasteiger partial charge in [0.15, 0.2) is 5.96 Å². The number of nitrogens with two attached hydrogens (primary N) is 1. The molecule has 1 aromatic rings. The molecule has 0 saturated carbocycles. The van der Waals surface area contributed by atoms with Crippen LogP contribution in [-0.2, 0) is 6.42 Å². The van der Waals surface area contributed by atoms with Gasteiger partial charge in [-0.1, -0.05) is 13.0 Å². The molecule has 1 rings (SSSR count). The fourth-order valence-corrected chi connectivity index (χ4v) is 1.89. The average Bonchev–Trinajstić information content (AvgIpc) is 2.75. The first-order valence-corrected chi connectivity index (χ1v) is 6.15. The molecular formula is C11H19N3S. The van der Waals surface area contributed by atoms with Gasteiger partial charge in [-0.15, -0.1) is 11.3 Å². The summed E-state index contributed by atoms with van der Waals surface area (Å²) < 4.78 is 0. The molecule has 0 aliphatic rings. The van der Waals surface area contributed by atoms with Gasteiger partial charge in [-0.2, -0.15) is 0 Å². The second kappa shape index (κ2) is 6.45. The Morgan fingerprint density at radius 2 is 2.40 bits per heavy atom. The number of rotatable bonds is 5. The van der Waals surface area contributed by atoms with E-state index < -0.39 is 0 Å². The molecule has 0 aliphatic heterocycles. The maximum atomic E-state index is 5.82. The molecular weight excluding hydrogens is 206 g/mol. The van der Waals surface area contributed by atoms with E-state index in [2.05, 4.69) is 29.4 Å². The predicted molar refractivity (Wildman–Crippen MR) is 67.4 cm³/mol. The van der Waals surface area contributed by atoms with Crippen LogP contribution in [0.3, 0.4) is 0 Å². The van der Waals surface area contributed by atoms with Crippen molar-refractivity contribution in [3.8, 4) is 0 Å². The molecule has 0 saturated heterocycles. The predicted octanol–water partition coefficient (Wildman–Crippen LogP) is 1.95. The number of hydrogen-bond donors (Lipinski definition) is 1. The van der Waals surface area contributed by atoms with Crippen LogP contribution < -0.4 is 5.73 Å². The van der Waals surface area contributed by atoms with E-state index in [-0.39, 0.29) is 0 Å². The van der Waals surface area contributed by atoms with Crippen LogP contribution in [0.4, 0.5) is 0 Å². The molecule has 84 valence electrons. The monoisotopic (exact) mass is 225 g/mol. The Balaban J connectivity index is 2.32. The first-order chi connectivity index (χ1) is 7.24. The first kappa shape index (κ1) is 12.0. The molecule has 0 unspecified atom stereocenters. The van der Waals surface area contributed by atoms with Crippen LogP contribution in [0.25, 0.3) is 0 Å². The highest BCUT2D eigenvalue weighted by Gasteiger charge is 2.01. The van der Waals surface area contributed by atoms with Crippen LogP contribution in [0.1, 0.15) is 18.2 Å². The standard InChI is InChI=1S/C11H19N3S/c1-3-7-13-11(12)14(2)8-6-10-5-4-9-15-10/h4-5,9H,3,6-8H2,1-2H3,(H2,12,13). The van der Waals surface area contributed by atoms with Gasteiger partial charge in [0, 0.05) is 25.0 Å². The number of likely N-dealkylation sites (N-methyl/N-ethyl adjacent to an activating group) is 1. The molecule has 0 bridgehead atoms. The van der Waals surface area contributed by atoms with E-state index >= 15 is 0 Å². The summed E-state index contributed by atoms with van der Waals surface area (Å²) in [4.78, 5) is 7.67. The second-order valence-corrected chi connectivity index (χ2v) is 4.52. The molecule has 0 radical (unpaired) electrons. The zero-order valence-corrected chi connectivity index (χ0v) is 10.3. The molecule has 0 fully saturated rings. The maximum absolute atomic E-state index is 5.82. The van der Waals surface area contributed by atoms with Gasteiger partial charge >= 0.3 is 0 Å². The van der Waals surface area contributed by atoms with Gasteiger partial charge in [-0.25, -0.2) is 0 Å². The third kappa shape index (κ3) is 4.34. The van der Waals surface area contributed by atoms with Crippen LogP contribution in [0, 0.1) is 0 Å². The van der Waals surface area contributed by atoms with E-state index in [1.165, 1.54) is 4.88 Å². The van der Waals surface area contributed by atoms with Crippen molar-refractivity contribution in [2.24, 2.45) is 10.7 Å². The Morgan fingerprint density at radius 3 is 3.00 bits per heavy atom. The average molecular weight is 225 g/mol. The van der Waals surface area contributed by atoms with Crippen molar-refractivity contribution in [2.75, 3.05) is 20.1 Å². The quantitative estimate of drug-likeness (QED) is 0.614. The topological polar surface area (TPSA) is 41.6 Å². The van der Waals surface area contributed by atoms with E-state index in [0.717, 1.165) is 25.9 Å². The van der Waals surface area contributed by atoms with E-state index in [1.807, 2.05) is 11.9 Å². The summed E-state index contributed by atoms with van der Waals surface area (Å²) in [7, 11) is 1.99. The van der Waals surface area contributed by atoms with Gasteiger partial charge in [0.2, 0.25) is 0 Å². The molecule has 1 heterocycles. The largest absolute Gasteiger partial charge is 0.370 e. The highest BCUT2D eigenvalue weighted by molar-refractivity contribution is 7.09. The Bertz CT molecular complexity index is 293. The lowest BCUT2D eigenvalue weighted by Crippen LogP contribution is -2.35. The number of aliphatic imine (C=N–C) groups is 1. The van der Waals surface area contributed by atoms with Crippen molar-refractivity contribution >= 4 is 17.3 Å². The van der Waals surface area contributed by atoms with Gasteiger partial charge in [0.1, 0.15) is 0 Å². The van der Waals surface area contributed by atoms with E-state index in [1.54, 1.807) is 11.3 Å². The molecule has 1 aromatic heterocycles. The first-order valence-electron chi connectivity index (χ1n) is 5.27. The van der Waals surface area contributed by atoms with Crippen molar-refractivity contribution in [1.29, 1.82) is 0 Å². The summed E-state index contributed by atoms with van der Waals surface area (Å²) in [6.45, 7) is 3.84. The summed E-state index contributed by atoms with van der Waals surface area (Å²) in [5, 5.41) is 2.10. The normalized spacial score (nSPS) is 11.7. The lowest BCUT2D eigenvalue weighted by atomic mass is 10.3. The lowest BCUT2D eigenvalue weighted by molar-refractivity contribution is 0.501. The van der Waals surface area contributed by atoms with E-state index in [0.29, 0.717) is 5.96 Å². The minimum atomic E-state index is 0.647. The van der Waals surface area contributed by atoms with Gasteiger partial charge in [0.25, 0.3) is 0 Å². The smallest absolute Gasteiger partial charge is 0.190 e. The summed E-state index contributed by atoms with van der Waals surface area (Å²) >= 11 is 1.79. The van der Waals surface area contributed by atoms with Gasteiger partial charge in [-0.3, -0.25) is 4.99 Å². The zero-order valence-electron chi connectivity index (χ0n) is 9.44.